The van der Waals surface area contributed by atoms with E-state index in [0.717, 1.165) is 42.9 Å². The minimum absolute atomic E-state index is 0.111. The number of hydrogen-bond acceptors (Lipinski definition) is 3. The number of aromatic nitrogens is 2. The highest BCUT2D eigenvalue weighted by Crippen LogP contribution is 2.27. The molecule has 26 heavy (non-hydrogen) atoms. The Morgan fingerprint density at radius 1 is 1.12 bits per heavy atom. The summed E-state index contributed by atoms with van der Waals surface area (Å²) < 4.78 is 0. The number of aromatic amines is 1. The Bertz CT molecular complexity index is 917. The number of nitrogens with one attached hydrogen (secondary N) is 2. The van der Waals surface area contributed by atoms with Gasteiger partial charge in [0.1, 0.15) is 0 Å². The molecule has 0 spiro atoms. The molecule has 0 unspecified atom stereocenters. The fourth-order valence-electron chi connectivity index (χ4n) is 3.40. The number of fused-ring (bicyclic) bond motifs is 1. The summed E-state index contributed by atoms with van der Waals surface area (Å²) in [6.07, 6.45) is 1.02. The number of carbonyl (C=O) groups is 1. The maximum atomic E-state index is 12.5. The van der Waals surface area contributed by atoms with Crippen molar-refractivity contribution < 1.29 is 4.79 Å². The predicted molar refractivity (Wildman–Crippen MR) is 102 cm³/mol. The molecule has 0 fully saturated rings. The van der Waals surface area contributed by atoms with Crippen molar-refractivity contribution in [2.24, 2.45) is 0 Å². The van der Waals surface area contributed by atoms with Gasteiger partial charge in [-0.2, -0.15) is 5.10 Å². The van der Waals surface area contributed by atoms with Gasteiger partial charge in [0.25, 0.3) is 5.91 Å². The van der Waals surface area contributed by atoms with Crippen molar-refractivity contribution in [1.82, 2.24) is 15.1 Å². The Morgan fingerprint density at radius 2 is 1.88 bits per heavy atom. The van der Waals surface area contributed by atoms with Crippen LogP contribution in [0.1, 0.15) is 32.7 Å². The molecule has 132 valence electrons. The highest BCUT2D eigenvalue weighted by Gasteiger charge is 2.25. The van der Waals surface area contributed by atoms with Gasteiger partial charge in [-0.3, -0.25) is 14.8 Å². The lowest BCUT2D eigenvalue weighted by atomic mass is 10.1. The van der Waals surface area contributed by atoms with Crippen LogP contribution >= 0.6 is 0 Å². The number of nitrogens with zero attached hydrogens (tertiary/aromatic N) is 2. The largest absolute Gasteiger partial charge is 0.305 e. The predicted octanol–water partition coefficient (Wildman–Crippen LogP) is 3.53. The molecular weight excluding hydrogens is 324 g/mol. The van der Waals surface area contributed by atoms with Crippen LogP contribution in [-0.4, -0.2) is 27.5 Å². The maximum absolute atomic E-state index is 12.5. The first-order chi connectivity index (χ1) is 12.7. The topological polar surface area (TPSA) is 61.0 Å². The van der Waals surface area contributed by atoms with Crippen molar-refractivity contribution in [2.45, 2.75) is 26.4 Å². The SMILES string of the molecule is Cc1ccccc1C(=O)Nc1n[nH]c2c1CN(CCc1ccccc1)C2. The molecule has 3 aromatic rings. The van der Waals surface area contributed by atoms with Crippen molar-refractivity contribution in [3.63, 3.8) is 0 Å². The van der Waals surface area contributed by atoms with Gasteiger partial charge in [-0.1, -0.05) is 48.5 Å². The number of hydrogen-bond donors (Lipinski definition) is 2. The first kappa shape index (κ1) is 16.5. The van der Waals surface area contributed by atoms with E-state index in [1.54, 1.807) is 0 Å². The molecule has 4 rings (SSSR count). The van der Waals surface area contributed by atoms with E-state index in [2.05, 4.69) is 44.7 Å². The van der Waals surface area contributed by atoms with Crippen LogP contribution in [0.4, 0.5) is 5.82 Å². The smallest absolute Gasteiger partial charge is 0.257 e. The summed E-state index contributed by atoms with van der Waals surface area (Å²) in [4.78, 5) is 14.9. The van der Waals surface area contributed by atoms with Gasteiger partial charge < -0.3 is 5.32 Å². The van der Waals surface area contributed by atoms with Crippen LogP contribution in [0.5, 0.6) is 0 Å². The summed E-state index contributed by atoms with van der Waals surface area (Å²) in [5.41, 5.74) is 5.18. The second kappa shape index (κ2) is 7.14. The molecule has 0 saturated heterocycles. The third kappa shape index (κ3) is 3.39. The fraction of sp³-hybridized carbons (Fsp3) is 0.238. The lowest BCUT2D eigenvalue weighted by Gasteiger charge is -2.15. The van der Waals surface area contributed by atoms with Crippen LogP contribution in [0, 0.1) is 6.92 Å². The molecule has 0 saturated carbocycles. The number of anilines is 1. The highest BCUT2D eigenvalue weighted by molar-refractivity contribution is 6.05. The molecule has 2 aromatic carbocycles. The number of H-pyrrole nitrogens is 1. The van der Waals surface area contributed by atoms with Gasteiger partial charge in [0, 0.05) is 30.8 Å². The van der Waals surface area contributed by atoms with Crippen LogP contribution in [0.3, 0.4) is 0 Å². The van der Waals surface area contributed by atoms with Gasteiger partial charge >= 0.3 is 0 Å². The minimum atomic E-state index is -0.111. The summed E-state index contributed by atoms with van der Waals surface area (Å²) in [5.74, 6) is 0.538. The minimum Gasteiger partial charge on any atom is -0.305 e. The van der Waals surface area contributed by atoms with E-state index >= 15 is 0 Å². The first-order valence-corrected chi connectivity index (χ1v) is 8.90. The van der Waals surface area contributed by atoms with Crippen LogP contribution < -0.4 is 5.32 Å². The Morgan fingerprint density at radius 3 is 2.69 bits per heavy atom. The zero-order chi connectivity index (χ0) is 17.9. The highest BCUT2D eigenvalue weighted by atomic mass is 16.1. The van der Waals surface area contributed by atoms with Crippen LogP contribution in [-0.2, 0) is 19.5 Å². The summed E-state index contributed by atoms with van der Waals surface area (Å²) >= 11 is 0. The van der Waals surface area contributed by atoms with Gasteiger partial charge in [-0.05, 0) is 30.5 Å². The lowest BCUT2D eigenvalue weighted by Crippen LogP contribution is -2.21. The second-order valence-corrected chi connectivity index (χ2v) is 6.74. The van der Waals surface area contributed by atoms with Crippen molar-refractivity contribution in [1.29, 1.82) is 0 Å². The van der Waals surface area contributed by atoms with E-state index in [1.807, 2.05) is 37.3 Å². The third-order valence-corrected chi connectivity index (χ3v) is 4.90. The molecule has 0 aliphatic carbocycles. The van der Waals surface area contributed by atoms with Crippen molar-refractivity contribution in [3.8, 4) is 0 Å². The zero-order valence-electron chi connectivity index (χ0n) is 14.8. The summed E-state index contributed by atoms with van der Waals surface area (Å²) in [6, 6.07) is 18.1. The Kier molecular flexibility index (Phi) is 4.54. The Balaban J connectivity index is 1.41. The number of benzene rings is 2. The second-order valence-electron chi connectivity index (χ2n) is 6.74. The Hall–Kier alpha value is -2.92. The molecule has 1 amide bonds. The van der Waals surface area contributed by atoms with Crippen molar-refractivity contribution in [2.75, 3.05) is 11.9 Å². The van der Waals surface area contributed by atoms with E-state index < -0.39 is 0 Å². The van der Waals surface area contributed by atoms with E-state index in [1.165, 1.54) is 5.56 Å². The van der Waals surface area contributed by atoms with Crippen molar-refractivity contribution in [3.05, 3.63) is 82.5 Å². The monoisotopic (exact) mass is 346 g/mol. The maximum Gasteiger partial charge on any atom is 0.257 e. The molecule has 0 atom stereocenters. The number of aryl methyl sites for hydroxylation is 1. The van der Waals surface area contributed by atoms with Crippen LogP contribution in [0.15, 0.2) is 54.6 Å². The molecule has 0 bridgehead atoms. The molecule has 1 aliphatic rings. The quantitative estimate of drug-likeness (QED) is 0.743. The number of rotatable bonds is 5. The fourth-order valence-corrected chi connectivity index (χ4v) is 3.40. The van der Waals surface area contributed by atoms with E-state index in [-0.39, 0.29) is 5.91 Å². The normalized spacial score (nSPS) is 13.6. The van der Waals surface area contributed by atoms with E-state index in [4.69, 9.17) is 0 Å². The van der Waals surface area contributed by atoms with E-state index in [0.29, 0.717) is 11.4 Å². The van der Waals surface area contributed by atoms with Crippen molar-refractivity contribution >= 4 is 11.7 Å². The van der Waals surface area contributed by atoms with Gasteiger partial charge in [0.05, 0.1) is 5.69 Å². The van der Waals surface area contributed by atoms with Gasteiger partial charge in [-0.25, -0.2) is 0 Å². The average Bonchev–Trinajstić information content (AvgIpc) is 3.23. The summed E-state index contributed by atoms with van der Waals surface area (Å²) in [5, 5.41) is 10.3. The molecule has 2 heterocycles. The van der Waals surface area contributed by atoms with Gasteiger partial charge in [0.15, 0.2) is 5.82 Å². The van der Waals surface area contributed by atoms with Crippen LogP contribution in [0.2, 0.25) is 0 Å². The molecule has 5 nitrogen and oxygen atoms in total. The third-order valence-electron chi connectivity index (χ3n) is 4.90. The van der Waals surface area contributed by atoms with Gasteiger partial charge in [-0.15, -0.1) is 0 Å². The lowest BCUT2D eigenvalue weighted by molar-refractivity contribution is 0.102. The summed E-state index contributed by atoms with van der Waals surface area (Å²) in [7, 11) is 0. The molecule has 2 N–H and O–H groups in total. The molecule has 1 aromatic heterocycles. The average molecular weight is 346 g/mol. The first-order valence-electron chi connectivity index (χ1n) is 8.90. The van der Waals surface area contributed by atoms with Crippen LogP contribution in [0.25, 0.3) is 0 Å². The molecule has 0 radical (unpaired) electrons. The van der Waals surface area contributed by atoms with E-state index in [9.17, 15) is 4.79 Å². The standard InChI is InChI=1S/C21H22N4O/c1-15-7-5-6-10-17(15)21(26)22-20-18-13-25(14-19(18)23-24-20)12-11-16-8-3-2-4-9-16/h2-10H,11-14H2,1H3,(H2,22,23,24,26). The molecule has 1 aliphatic heterocycles. The number of carbonyl (C=O) groups excluding carboxylic acids is 1. The number of amides is 1. The summed E-state index contributed by atoms with van der Waals surface area (Å²) in [6.45, 7) is 4.57. The molecule has 5 heteroatoms. The van der Waals surface area contributed by atoms with Gasteiger partial charge in [0.2, 0.25) is 0 Å². The zero-order valence-corrected chi connectivity index (χ0v) is 14.8. The Labute approximate surface area is 153 Å². The molecular formula is C21H22N4O.